The molecular formula is C13H26N2O4. The van der Waals surface area contributed by atoms with E-state index in [9.17, 15) is 9.59 Å². The number of hydrogen-bond acceptors (Lipinski definition) is 3. The van der Waals surface area contributed by atoms with E-state index in [1.807, 2.05) is 13.8 Å². The van der Waals surface area contributed by atoms with E-state index in [4.69, 9.17) is 9.84 Å². The Morgan fingerprint density at radius 1 is 1.16 bits per heavy atom. The molecule has 6 heteroatoms. The molecule has 112 valence electrons. The van der Waals surface area contributed by atoms with Crippen LogP contribution in [0.5, 0.6) is 0 Å². The summed E-state index contributed by atoms with van der Waals surface area (Å²) in [6, 6.07) is -0.729. The van der Waals surface area contributed by atoms with E-state index < -0.39 is 17.9 Å². The predicted molar refractivity (Wildman–Crippen MR) is 73.1 cm³/mol. The van der Waals surface area contributed by atoms with Gasteiger partial charge in [0.15, 0.2) is 0 Å². The zero-order chi connectivity index (χ0) is 14.8. The van der Waals surface area contributed by atoms with E-state index in [0.29, 0.717) is 13.2 Å². The maximum atomic E-state index is 11.5. The highest BCUT2D eigenvalue weighted by molar-refractivity contribution is 5.76. The molecule has 0 bridgehead atoms. The van der Waals surface area contributed by atoms with Crippen LogP contribution in [-0.4, -0.2) is 42.4 Å². The van der Waals surface area contributed by atoms with E-state index >= 15 is 0 Å². The van der Waals surface area contributed by atoms with Gasteiger partial charge in [-0.1, -0.05) is 0 Å². The highest BCUT2D eigenvalue weighted by Crippen LogP contribution is 2.01. The van der Waals surface area contributed by atoms with Crippen LogP contribution in [-0.2, 0) is 9.53 Å². The van der Waals surface area contributed by atoms with Gasteiger partial charge in [-0.2, -0.15) is 0 Å². The van der Waals surface area contributed by atoms with Gasteiger partial charge in [-0.15, -0.1) is 0 Å². The van der Waals surface area contributed by atoms with Crippen LogP contribution in [0.2, 0.25) is 0 Å². The molecule has 0 aliphatic heterocycles. The van der Waals surface area contributed by atoms with Crippen molar-refractivity contribution < 1.29 is 19.4 Å². The van der Waals surface area contributed by atoms with Crippen LogP contribution in [0.3, 0.4) is 0 Å². The number of carboxylic acids is 1. The number of carbonyl (C=O) groups is 2. The van der Waals surface area contributed by atoms with Crippen molar-refractivity contribution in [2.75, 3.05) is 13.2 Å². The second-order valence-corrected chi connectivity index (χ2v) is 4.94. The second kappa shape index (κ2) is 9.61. The summed E-state index contributed by atoms with van der Waals surface area (Å²) in [5.41, 5.74) is 0. The molecule has 3 N–H and O–H groups in total. The molecular weight excluding hydrogens is 248 g/mol. The van der Waals surface area contributed by atoms with Crippen LogP contribution < -0.4 is 10.6 Å². The minimum absolute atomic E-state index is 0.231. The van der Waals surface area contributed by atoms with Gasteiger partial charge in [0.25, 0.3) is 0 Å². The first-order valence-electron chi connectivity index (χ1n) is 6.73. The fraction of sp³-hybridized carbons (Fsp3) is 0.846. The number of hydrogen-bond donors (Lipinski definition) is 3. The van der Waals surface area contributed by atoms with Crippen molar-refractivity contribution in [3.63, 3.8) is 0 Å². The molecule has 2 atom stereocenters. The Morgan fingerprint density at radius 2 is 1.79 bits per heavy atom. The van der Waals surface area contributed by atoms with Crippen molar-refractivity contribution in [1.82, 2.24) is 10.6 Å². The van der Waals surface area contributed by atoms with Crippen LogP contribution >= 0.6 is 0 Å². The van der Waals surface area contributed by atoms with Gasteiger partial charge in [0, 0.05) is 19.2 Å². The topological polar surface area (TPSA) is 87.7 Å². The standard InChI is InChI=1S/C13H26N2O4/c1-9(2)19-8-6-5-7-14-13(18)15-11(4)10(3)12(16)17/h9-11H,5-8H2,1-4H3,(H,16,17)(H2,14,15,18). The van der Waals surface area contributed by atoms with Gasteiger partial charge in [-0.3, -0.25) is 4.79 Å². The maximum Gasteiger partial charge on any atom is 0.315 e. The van der Waals surface area contributed by atoms with E-state index in [2.05, 4.69) is 10.6 Å². The molecule has 0 saturated heterocycles. The van der Waals surface area contributed by atoms with Gasteiger partial charge in [0.2, 0.25) is 0 Å². The summed E-state index contributed by atoms with van der Waals surface area (Å²) < 4.78 is 5.38. The number of carbonyl (C=O) groups excluding carboxylic acids is 1. The largest absolute Gasteiger partial charge is 0.481 e. The van der Waals surface area contributed by atoms with Crippen molar-refractivity contribution in [2.24, 2.45) is 5.92 Å². The Bertz CT molecular complexity index is 282. The smallest absolute Gasteiger partial charge is 0.315 e. The molecule has 0 saturated carbocycles. The lowest BCUT2D eigenvalue weighted by Crippen LogP contribution is -2.45. The molecule has 0 aromatic rings. The Labute approximate surface area is 114 Å². The summed E-state index contributed by atoms with van der Waals surface area (Å²) in [7, 11) is 0. The monoisotopic (exact) mass is 274 g/mol. The van der Waals surface area contributed by atoms with E-state index in [1.165, 1.54) is 0 Å². The molecule has 0 fully saturated rings. The third-order valence-electron chi connectivity index (χ3n) is 2.81. The molecule has 6 nitrogen and oxygen atoms in total. The fourth-order valence-electron chi connectivity index (χ4n) is 1.34. The lowest BCUT2D eigenvalue weighted by molar-refractivity contribution is -0.141. The molecule has 0 aliphatic carbocycles. The Kier molecular flexibility index (Phi) is 8.95. The fourth-order valence-corrected chi connectivity index (χ4v) is 1.34. The van der Waals surface area contributed by atoms with E-state index in [-0.39, 0.29) is 12.1 Å². The van der Waals surface area contributed by atoms with E-state index in [0.717, 1.165) is 12.8 Å². The summed E-state index contributed by atoms with van der Waals surface area (Å²) in [6.45, 7) is 8.45. The van der Waals surface area contributed by atoms with E-state index in [1.54, 1.807) is 13.8 Å². The minimum Gasteiger partial charge on any atom is -0.481 e. The highest BCUT2D eigenvalue weighted by atomic mass is 16.5. The number of nitrogens with one attached hydrogen (secondary N) is 2. The number of aliphatic carboxylic acids is 1. The van der Waals surface area contributed by atoms with Gasteiger partial charge in [-0.25, -0.2) is 4.79 Å². The quantitative estimate of drug-likeness (QED) is 0.557. The SMILES string of the molecule is CC(C)OCCCCNC(=O)NC(C)C(C)C(=O)O. The third-order valence-corrected chi connectivity index (χ3v) is 2.81. The Morgan fingerprint density at radius 3 is 2.32 bits per heavy atom. The van der Waals surface area contributed by atoms with Crippen molar-refractivity contribution >= 4 is 12.0 Å². The Hall–Kier alpha value is -1.30. The summed E-state index contributed by atoms with van der Waals surface area (Å²) in [5, 5.41) is 14.1. The minimum atomic E-state index is -0.918. The normalized spacial score (nSPS) is 13.9. The van der Waals surface area contributed by atoms with Crippen LogP contribution in [0.1, 0.15) is 40.5 Å². The molecule has 2 unspecified atom stereocenters. The van der Waals surface area contributed by atoms with Crippen molar-refractivity contribution in [2.45, 2.75) is 52.7 Å². The zero-order valence-electron chi connectivity index (χ0n) is 12.2. The number of carboxylic acid groups (broad SMARTS) is 1. The first-order valence-corrected chi connectivity index (χ1v) is 6.73. The number of amides is 2. The first-order chi connectivity index (χ1) is 8.84. The lowest BCUT2D eigenvalue weighted by atomic mass is 10.0. The summed E-state index contributed by atoms with van der Waals surface area (Å²) >= 11 is 0. The van der Waals surface area contributed by atoms with Crippen molar-refractivity contribution in [1.29, 1.82) is 0 Å². The number of ether oxygens (including phenoxy) is 1. The van der Waals surface area contributed by atoms with Gasteiger partial charge >= 0.3 is 12.0 Å². The second-order valence-electron chi connectivity index (χ2n) is 4.94. The molecule has 0 aliphatic rings. The van der Waals surface area contributed by atoms with Gasteiger partial charge in [0.05, 0.1) is 12.0 Å². The predicted octanol–water partition coefficient (Wildman–Crippen LogP) is 1.60. The van der Waals surface area contributed by atoms with Crippen LogP contribution in [0.4, 0.5) is 4.79 Å². The lowest BCUT2D eigenvalue weighted by Gasteiger charge is -2.18. The van der Waals surface area contributed by atoms with Crippen LogP contribution in [0, 0.1) is 5.92 Å². The third kappa shape index (κ3) is 9.30. The summed E-state index contributed by atoms with van der Waals surface area (Å²) in [5.74, 6) is -1.52. The Balaban J connectivity index is 3.62. The molecule has 0 rings (SSSR count). The van der Waals surface area contributed by atoms with Gasteiger partial charge < -0.3 is 20.5 Å². The average molecular weight is 274 g/mol. The zero-order valence-corrected chi connectivity index (χ0v) is 12.2. The molecule has 19 heavy (non-hydrogen) atoms. The van der Waals surface area contributed by atoms with Gasteiger partial charge in [0.1, 0.15) is 0 Å². The number of unbranched alkanes of at least 4 members (excludes halogenated alkanes) is 1. The maximum absolute atomic E-state index is 11.5. The molecule has 0 aromatic heterocycles. The number of urea groups is 1. The molecule has 0 spiro atoms. The molecule has 2 amide bonds. The van der Waals surface area contributed by atoms with Gasteiger partial charge in [-0.05, 0) is 40.5 Å². The number of rotatable bonds is 9. The first kappa shape index (κ1) is 17.7. The summed E-state index contributed by atoms with van der Waals surface area (Å²) in [4.78, 5) is 22.2. The highest BCUT2D eigenvalue weighted by Gasteiger charge is 2.20. The van der Waals surface area contributed by atoms with Crippen molar-refractivity contribution in [3.05, 3.63) is 0 Å². The molecule has 0 radical (unpaired) electrons. The average Bonchev–Trinajstić information content (AvgIpc) is 2.31. The van der Waals surface area contributed by atoms with Crippen LogP contribution in [0.25, 0.3) is 0 Å². The summed E-state index contributed by atoms with van der Waals surface area (Å²) in [6.07, 6.45) is 1.96. The van der Waals surface area contributed by atoms with Crippen LogP contribution in [0.15, 0.2) is 0 Å². The molecule has 0 aromatic carbocycles. The molecule has 0 heterocycles. The van der Waals surface area contributed by atoms with Crippen molar-refractivity contribution in [3.8, 4) is 0 Å².